The molecule has 4 heteroatoms. The molecule has 1 saturated heterocycles. The molecule has 108 valence electrons. The maximum Gasteiger partial charge on any atom is 0.0615 e. The largest absolute Gasteiger partial charge is 0.383 e. The van der Waals surface area contributed by atoms with Crippen LogP contribution in [0.1, 0.15) is 32.6 Å². The summed E-state index contributed by atoms with van der Waals surface area (Å²) in [6.07, 6.45) is 5.34. The summed E-state index contributed by atoms with van der Waals surface area (Å²) >= 11 is 0. The molecule has 1 N–H and O–H groups in total. The van der Waals surface area contributed by atoms with Crippen molar-refractivity contribution in [3.05, 3.63) is 0 Å². The fourth-order valence-corrected chi connectivity index (χ4v) is 2.59. The smallest absolute Gasteiger partial charge is 0.0615 e. The van der Waals surface area contributed by atoms with Crippen LogP contribution in [0.5, 0.6) is 0 Å². The van der Waals surface area contributed by atoms with Crippen LogP contribution >= 0.6 is 0 Å². The van der Waals surface area contributed by atoms with Crippen molar-refractivity contribution in [1.82, 2.24) is 10.2 Å². The lowest BCUT2D eigenvalue weighted by molar-refractivity contribution is 0.0684. The normalized spacial score (nSPS) is 23.0. The van der Waals surface area contributed by atoms with Gasteiger partial charge < -0.3 is 14.8 Å². The van der Waals surface area contributed by atoms with E-state index in [1.807, 2.05) is 0 Å². The van der Waals surface area contributed by atoms with Gasteiger partial charge in [-0.15, -0.1) is 0 Å². The number of methoxy groups -OCH3 is 2. The van der Waals surface area contributed by atoms with Gasteiger partial charge in [-0.1, -0.05) is 12.8 Å². The average Bonchev–Trinajstić information content (AvgIpc) is 2.63. The maximum atomic E-state index is 5.28. The van der Waals surface area contributed by atoms with Gasteiger partial charge in [-0.25, -0.2) is 0 Å². The zero-order valence-electron chi connectivity index (χ0n) is 12.3. The van der Waals surface area contributed by atoms with E-state index >= 15 is 0 Å². The van der Waals surface area contributed by atoms with Gasteiger partial charge in [-0.3, -0.25) is 4.90 Å². The van der Waals surface area contributed by atoms with E-state index in [0.717, 1.165) is 26.3 Å². The van der Waals surface area contributed by atoms with E-state index in [2.05, 4.69) is 17.1 Å². The molecule has 0 aromatic rings. The second-order valence-corrected chi connectivity index (χ2v) is 5.29. The molecular formula is C14H30N2O2. The van der Waals surface area contributed by atoms with E-state index in [-0.39, 0.29) is 0 Å². The van der Waals surface area contributed by atoms with Crippen LogP contribution < -0.4 is 5.32 Å². The third-order valence-electron chi connectivity index (χ3n) is 3.73. The molecule has 0 radical (unpaired) electrons. The van der Waals surface area contributed by atoms with Crippen LogP contribution in [0.2, 0.25) is 0 Å². The predicted molar refractivity (Wildman–Crippen MR) is 75.0 cm³/mol. The highest BCUT2D eigenvalue weighted by molar-refractivity contribution is 4.77. The second-order valence-electron chi connectivity index (χ2n) is 5.29. The predicted octanol–water partition coefficient (Wildman–Crippen LogP) is 1.50. The Morgan fingerprint density at radius 1 is 1.22 bits per heavy atom. The third-order valence-corrected chi connectivity index (χ3v) is 3.73. The first-order valence-electron chi connectivity index (χ1n) is 7.23. The zero-order chi connectivity index (χ0) is 13.2. The molecule has 1 aliphatic heterocycles. The molecular weight excluding hydrogens is 228 g/mol. The van der Waals surface area contributed by atoms with Crippen molar-refractivity contribution in [2.24, 2.45) is 0 Å². The van der Waals surface area contributed by atoms with Gasteiger partial charge in [0.25, 0.3) is 0 Å². The molecule has 4 nitrogen and oxygen atoms in total. The van der Waals surface area contributed by atoms with E-state index < -0.39 is 0 Å². The summed E-state index contributed by atoms with van der Waals surface area (Å²) in [5, 5.41) is 3.66. The Bertz CT molecular complexity index is 194. The number of nitrogens with zero attached hydrogens (tertiary/aromatic N) is 1. The standard InChI is InChI=1S/C14H30N2O2/c1-13(12-18-3)16(9-10-17-2)11-14-7-5-4-6-8-15-14/h13-15H,4-12H2,1-3H3. The van der Waals surface area contributed by atoms with Crippen molar-refractivity contribution in [2.45, 2.75) is 44.7 Å². The van der Waals surface area contributed by atoms with Crippen LogP contribution in [-0.4, -0.2) is 64.1 Å². The van der Waals surface area contributed by atoms with Crippen molar-refractivity contribution >= 4 is 0 Å². The Hall–Kier alpha value is -0.160. The highest BCUT2D eigenvalue weighted by Crippen LogP contribution is 2.11. The Kier molecular flexibility index (Phi) is 8.59. The minimum Gasteiger partial charge on any atom is -0.383 e. The molecule has 2 unspecified atom stereocenters. The lowest BCUT2D eigenvalue weighted by Crippen LogP contribution is -2.47. The number of nitrogens with one attached hydrogen (secondary N) is 1. The van der Waals surface area contributed by atoms with Crippen LogP contribution in [0, 0.1) is 0 Å². The molecule has 0 bridgehead atoms. The van der Waals surface area contributed by atoms with Gasteiger partial charge in [0.2, 0.25) is 0 Å². The van der Waals surface area contributed by atoms with E-state index in [0.29, 0.717) is 12.1 Å². The summed E-state index contributed by atoms with van der Waals surface area (Å²) in [6.45, 7) is 7.07. The minimum absolute atomic E-state index is 0.454. The molecule has 1 aliphatic rings. The van der Waals surface area contributed by atoms with Gasteiger partial charge in [0.15, 0.2) is 0 Å². The molecule has 0 aliphatic carbocycles. The van der Waals surface area contributed by atoms with Gasteiger partial charge in [-0.05, 0) is 26.3 Å². The first-order valence-corrected chi connectivity index (χ1v) is 7.23. The fraction of sp³-hybridized carbons (Fsp3) is 1.00. The first kappa shape index (κ1) is 15.9. The number of hydrogen-bond acceptors (Lipinski definition) is 4. The van der Waals surface area contributed by atoms with Crippen molar-refractivity contribution in [1.29, 1.82) is 0 Å². The number of hydrogen-bond donors (Lipinski definition) is 1. The SMILES string of the molecule is COCCN(CC1CCCCCN1)C(C)COC. The van der Waals surface area contributed by atoms with Crippen molar-refractivity contribution in [2.75, 3.05) is 47.1 Å². The lowest BCUT2D eigenvalue weighted by Gasteiger charge is -2.32. The van der Waals surface area contributed by atoms with E-state index in [1.54, 1.807) is 14.2 Å². The monoisotopic (exact) mass is 258 g/mol. The molecule has 0 aromatic heterocycles. The quantitative estimate of drug-likeness (QED) is 0.715. The summed E-state index contributed by atoms with van der Waals surface area (Å²) in [7, 11) is 3.54. The Balaban J connectivity index is 2.41. The maximum absolute atomic E-state index is 5.28. The molecule has 0 saturated carbocycles. The topological polar surface area (TPSA) is 33.7 Å². The average molecular weight is 258 g/mol. The van der Waals surface area contributed by atoms with Crippen molar-refractivity contribution in [3.63, 3.8) is 0 Å². The van der Waals surface area contributed by atoms with Crippen molar-refractivity contribution in [3.8, 4) is 0 Å². The van der Waals surface area contributed by atoms with Crippen LogP contribution in [-0.2, 0) is 9.47 Å². The Morgan fingerprint density at radius 2 is 2.06 bits per heavy atom. The fourth-order valence-electron chi connectivity index (χ4n) is 2.59. The zero-order valence-corrected chi connectivity index (χ0v) is 12.3. The van der Waals surface area contributed by atoms with E-state index in [4.69, 9.17) is 9.47 Å². The van der Waals surface area contributed by atoms with Crippen LogP contribution in [0.15, 0.2) is 0 Å². The van der Waals surface area contributed by atoms with Crippen LogP contribution in [0.4, 0.5) is 0 Å². The summed E-state index contributed by atoms with van der Waals surface area (Å²) in [5.41, 5.74) is 0. The molecule has 1 fully saturated rings. The van der Waals surface area contributed by atoms with Gasteiger partial charge in [0.1, 0.15) is 0 Å². The molecule has 0 amide bonds. The summed E-state index contributed by atoms with van der Waals surface area (Å²) < 4.78 is 10.5. The lowest BCUT2D eigenvalue weighted by atomic mass is 10.1. The molecule has 1 heterocycles. The molecule has 2 atom stereocenters. The molecule has 18 heavy (non-hydrogen) atoms. The number of rotatable bonds is 8. The van der Waals surface area contributed by atoms with Crippen LogP contribution in [0.3, 0.4) is 0 Å². The van der Waals surface area contributed by atoms with E-state index in [9.17, 15) is 0 Å². The Labute approximate surface area is 112 Å². The molecule has 0 spiro atoms. The summed E-state index contributed by atoms with van der Waals surface area (Å²) in [5.74, 6) is 0. The van der Waals surface area contributed by atoms with Gasteiger partial charge in [0.05, 0.1) is 13.2 Å². The number of ether oxygens (including phenoxy) is 2. The minimum atomic E-state index is 0.454. The van der Waals surface area contributed by atoms with Crippen LogP contribution in [0.25, 0.3) is 0 Å². The molecule has 1 rings (SSSR count). The van der Waals surface area contributed by atoms with Crippen molar-refractivity contribution < 1.29 is 9.47 Å². The highest BCUT2D eigenvalue weighted by atomic mass is 16.5. The Morgan fingerprint density at radius 3 is 2.78 bits per heavy atom. The van der Waals surface area contributed by atoms with Gasteiger partial charge >= 0.3 is 0 Å². The summed E-state index contributed by atoms with van der Waals surface area (Å²) in [6, 6.07) is 1.08. The van der Waals surface area contributed by atoms with E-state index in [1.165, 1.54) is 32.2 Å². The highest BCUT2D eigenvalue weighted by Gasteiger charge is 2.19. The van der Waals surface area contributed by atoms with Gasteiger partial charge in [-0.2, -0.15) is 0 Å². The second kappa shape index (κ2) is 9.73. The third kappa shape index (κ3) is 6.14. The summed E-state index contributed by atoms with van der Waals surface area (Å²) in [4.78, 5) is 2.48. The van der Waals surface area contributed by atoms with Gasteiger partial charge in [0, 0.05) is 39.4 Å². The molecule has 0 aromatic carbocycles. The first-order chi connectivity index (χ1) is 8.77.